The lowest BCUT2D eigenvalue weighted by Crippen LogP contribution is -2.38. The minimum atomic E-state index is -0.193. The molecule has 69 heavy (non-hydrogen) atoms. The van der Waals surface area contributed by atoms with Crippen molar-refractivity contribution in [3.05, 3.63) is 159 Å². The number of rotatable bonds is 26. The highest BCUT2D eigenvalue weighted by molar-refractivity contribution is 6.83. The lowest BCUT2D eigenvalue weighted by Gasteiger charge is -2.41. The molecule has 3 rings (SSSR count). The van der Waals surface area contributed by atoms with E-state index in [0.717, 1.165) is 48.3 Å². The van der Waals surface area contributed by atoms with Crippen molar-refractivity contribution in [2.24, 2.45) is 23.2 Å². The van der Waals surface area contributed by atoms with Crippen molar-refractivity contribution in [3.63, 3.8) is 0 Å². The fourth-order valence-electron chi connectivity index (χ4n) is 9.65. The van der Waals surface area contributed by atoms with Crippen molar-refractivity contribution in [3.8, 4) is 0 Å². The molecule has 3 nitrogen and oxygen atoms in total. The zero-order valence-corrected chi connectivity index (χ0v) is 47.7. The van der Waals surface area contributed by atoms with Gasteiger partial charge in [-0.15, -0.1) is 5.98 Å². The highest BCUT2D eigenvalue weighted by Gasteiger charge is 2.38. The summed E-state index contributed by atoms with van der Waals surface area (Å²) >= 11 is 0. The Hall–Kier alpha value is -4.44. The summed E-state index contributed by atoms with van der Waals surface area (Å²) in [6.45, 7) is 49.0. The first-order chi connectivity index (χ1) is 32.4. The molecule has 2 aromatic rings. The van der Waals surface area contributed by atoms with Crippen LogP contribution in [0, 0.1) is 23.2 Å². The number of fused-ring (bicyclic) bond motifs is 2. The second kappa shape index (κ2) is 27.2. The summed E-state index contributed by atoms with van der Waals surface area (Å²) in [6.07, 6.45) is 34.1. The highest BCUT2D eigenvalue weighted by atomic mass is 16.3. The van der Waals surface area contributed by atoms with E-state index in [9.17, 15) is 0 Å². The zero-order valence-electron chi connectivity index (χ0n) is 47.7. The summed E-state index contributed by atoms with van der Waals surface area (Å²) in [7, 11) is 0. The van der Waals surface area contributed by atoms with Crippen LogP contribution in [0.1, 0.15) is 194 Å². The molecule has 1 aromatic heterocycles. The first kappa shape index (κ1) is 58.9. The molecule has 0 fully saturated rings. The molecule has 1 atom stereocenters. The molecule has 1 heterocycles. The van der Waals surface area contributed by atoms with Gasteiger partial charge in [0, 0.05) is 29.9 Å². The van der Waals surface area contributed by atoms with Crippen LogP contribution in [-0.4, -0.2) is 19.8 Å². The minimum Gasteiger partial charge on any atom is -0.470 e. The molecule has 0 saturated heterocycles. The molecule has 1 aromatic carbocycles. The van der Waals surface area contributed by atoms with Crippen molar-refractivity contribution in [2.75, 3.05) is 13.1 Å². The molecular weight excluding hydrogens is 836 g/mol. The second-order valence-electron chi connectivity index (χ2n) is 23.3. The number of hydrogen-bond acceptors (Lipinski definition) is 3. The standard InChI is InChI=1S/C65H99BN2O/c1-21-26-31-50(13)52(23-3)32-28-38-66(62-42-53-41-57-58(43-61(53)69-62)65(19,20)37-36-64(57,17)18)59(45-67-56(25-5)33-27-30-46(6)7)60(39-48(10)11)68-44-54(51(14)49(12)29-22-2)40-55(24-4)63(15,16)35-34-47(8)9/h22-25,27-29,32-33,38-43,46-47,50,67-68H,3,21,26,30-31,34-37,44-45H2,1-2,4-20H3/b29-22-,33-27-,38-28+,51-49+,52-32+,54-40+,55-24+,56-25+,60-59-. The zero-order chi connectivity index (χ0) is 51.7. The monoisotopic (exact) mass is 935 g/mol. The van der Waals surface area contributed by atoms with Crippen LogP contribution in [0.2, 0.25) is 0 Å². The van der Waals surface area contributed by atoms with Crippen molar-refractivity contribution in [2.45, 2.75) is 194 Å². The van der Waals surface area contributed by atoms with Crippen LogP contribution < -0.4 is 16.3 Å². The van der Waals surface area contributed by atoms with Crippen LogP contribution in [-0.2, 0) is 10.8 Å². The van der Waals surface area contributed by atoms with Gasteiger partial charge in [-0.1, -0.05) is 169 Å². The van der Waals surface area contributed by atoms with E-state index in [-0.39, 0.29) is 23.0 Å². The fraction of sp³-hybridized carbons (Fsp3) is 0.538. The van der Waals surface area contributed by atoms with Gasteiger partial charge in [0.1, 0.15) is 5.58 Å². The van der Waals surface area contributed by atoms with Gasteiger partial charge < -0.3 is 15.1 Å². The molecule has 1 aliphatic carbocycles. The van der Waals surface area contributed by atoms with Gasteiger partial charge in [0.2, 0.25) is 0 Å². The number of benzene rings is 1. The van der Waals surface area contributed by atoms with Gasteiger partial charge >= 0.3 is 0 Å². The van der Waals surface area contributed by atoms with Gasteiger partial charge in [-0.2, -0.15) is 0 Å². The Kier molecular flexibility index (Phi) is 23.2. The Morgan fingerprint density at radius 2 is 1.51 bits per heavy atom. The SMILES string of the molecule is C=C/C(=C\C=C\B(/C(CNC(/C=C\CC(C)C)=C/C)=C(/C=C(C)C)NCC(=C\C(=C/C)C(C)(C)CCC(C)C)/C(C)=C(C)/C=C\C)c1cc2cc3c(cc2o1)C(C)(C)CCC3(C)C)C(C)CCCC. The predicted octanol–water partition coefficient (Wildman–Crippen LogP) is 18.2. The second-order valence-corrected chi connectivity index (χ2v) is 23.3. The minimum absolute atomic E-state index is 0.0331. The van der Waals surface area contributed by atoms with Gasteiger partial charge in [-0.05, 0) is 189 Å². The van der Waals surface area contributed by atoms with Gasteiger partial charge in [0.15, 0.2) is 0 Å². The lowest BCUT2D eigenvalue weighted by molar-refractivity contribution is 0.332. The van der Waals surface area contributed by atoms with E-state index in [0.29, 0.717) is 30.8 Å². The van der Waals surface area contributed by atoms with Crippen LogP contribution in [0.5, 0.6) is 0 Å². The molecule has 1 aliphatic rings. The Bertz CT molecular complexity index is 2270. The summed E-state index contributed by atoms with van der Waals surface area (Å²) in [5.41, 5.74) is 16.1. The van der Waals surface area contributed by atoms with Crippen molar-refractivity contribution in [1.82, 2.24) is 10.6 Å². The maximum Gasteiger partial charge on any atom is 0.280 e. The molecule has 1 unspecified atom stereocenters. The van der Waals surface area contributed by atoms with E-state index in [1.54, 1.807) is 0 Å². The number of furan rings is 1. The largest absolute Gasteiger partial charge is 0.470 e. The number of nitrogens with one attached hydrogen (secondary N) is 2. The van der Waals surface area contributed by atoms with E-state index < -0.39 is 0 Å². The van der Waals surface area contributed by atoms with Gasteiger partial charge in [0.25, 0.3) is 6.71 Å². The average molecular weight is 935 g/mol. The number of hydrogen-bond donors (Lipinski definition) is 2. The summed E-state index contributed by atoms with van der Waals surface area (Å²) < 4.78 is 7.20. The predicted molar refractivity (Wildman–Crippen MR) is 311 cm³/mol. The molecule has 0 saturated carbocycles. The van der Waals surface area contributed by atoms with Crippen LogP contribution in [0.3, 0.4) is 0 Å². The summed E-state index contributed by atoms with van der Waals surface area (Å²) in [5.74, 6) is 4.04. The molecule has 0 spiro atoms. The Balaban J connectivity index is 2.50. The number of allylic oxidation sites excluding steroid dienone is 15. The molecule has 0 bridgehead atoms. The van der Waals surface area contributed by atoms with Crippen LogP contribution in [0.15, 0.2) is 152 Å². The topological polar surface area (TPSA) is 37.2 Å². The van der Waals surface area contributed by atoms with E-state index >= 15 is 0 Å². The third kappa shape index (κ3) is 17.4. The summed E-state index contributed by atoms with van der Waals surface area (Å²) in [4.78, 5) is 0. The van der Waals surface area contributed by atoms with E-state index in [4.69, 9.17) is 4.42 Å². The van der Waals surface area contributed by atoms with Crippen molar-refractivity contribution < 1.29 is 4.42 Å². The summed E-state index contributed by atoms with van der Waals surface area (Å²) in [6, 6.07) is 7.15. The highest BCUT2D eigenvalue weighted by Crippen LogP contribution is 2.47. The molecule has 4 heteroatoms. The molecule has 0 radical (unpaired) electrons. The van der Waals surface area contributed by atoms with Crippen molar-refractivity contribution >= 4 is 23.3 Å². The maximum atomic E-state index is 7.20. The van der Waals surface area contributed by atoms with Gasteiger partial charge in [-0.25, -0.2) is 0 Å². The van der Waals surface area contributed by atoms with Gasteiger partial charge in [-0.3, -0.25) is 0 Å². The first-order valence-electron chi connectivity index (χ1n) is 26.9. The van der Waals surface area contributed by atoms with Crippen LogP contribution in [0.25, 0.3) is 11.0 Å². The normalized spacial score (nSPS) is 17.2. The van der Waals surface area contributed by atoms with E-state index in [1.165, 1.54) is 81.1 Å². The van der Waals surface area contributed by atoms with E-state index in [1.807, 2.05) is 6.08 Å². The molecule has 378 valence electrons. The Morgan fingerprint density at radius 1 is 0.841 bits per heavy atom. The fourth-order valence-corrected chi connectivity index (χ4v) is 9.65. The van der Waals surface area contributed by atoms with Crippen molar-refractivity contribution in [1.29, 1.82) is 0 Å². The number of unbranched alkanes of at least 4 members (excludes halogenated alkanes) is 1. The summed E-state index contributed by atoms with van der Waals surface area (Å²) in [5, 5.41) is 9.22. The third-order valence-electron chi connectivity index (χ3n) is 14.8. The molecule has 2 N–H and O–H groups in total. The average Bonchev–Trinajstić information content (AvgIpc) is 3.71. The molecule has 0 aliphatic heterocycles. The molecule has 0 amide bonds. The Labute approximate surface area is 425 Å². The quantitative estimate of drug-likeness (QED) is 0.0729. The van der Waals surface area contributed by atoms with Gasteiger partial charge in [0.05, 0.1) is 5.66 Å². The third-order valence-corrected chi connectivity index (χ3v) is 14.8. The lowest BCUT2D eigenvalue weighted by atomic mass is 9.41. The van der Waals surface area contributed by atoms with E-state index in [2.05, 4.69) is 234 Å². The van der Waals surface area contributed by atoms with Crippen LogP contribution >= 0.6 is 0 Å². The first-order valence-corrected chi connectivity index (χ1v) is 26.9. The Morgan fingerprint density at radius 3 is 2.07 bits per heavy atom. The molecular formula is C65H99BN2O. The van der Waals surface area contributed by atoms with Crippen LogP contribution in [0.4, 0.5) is 0 Å². The smallest absolute Gasteiger partial charge is 0.280 e. The maximum absolute atomic E-state index is 7.20.